The minimum absolute atomic E-state index is 0.0892. The monoisotopic (exact) mass is 476 g/mol. The van der Waals surface area contributed by atoms with Crippen molar-refractivity contribution in [2.24, 2.45) is 0 Å². The van der Waals surface area contributed by atoms with Gasteiger partial charge in [-0.15, -0.1) is 0 Å². The number of hydrogen-bond acceptors (Lipinski definition) is 6. The lowest BCUT2D eigenvalue weighted by Gasteiger charge is -2.24. The number of ether oxygens (including phenoxy) is 1. The quantitative estimate of drug-likeness (QED) is 0.226. The number of carboxylic acid groups (broad SMARTS) is 1. The first-order valence-electron chi connectivity index (χ1n) is 11.1. The topological polar surface area (TPSA) is 99.1 Å². The summed E-state index contributed by atoms with van der Waals surface area (Å²) in [5.74, 6) is -1.27. The van der Waals surface area contributed by atoms with Crippen molar-refractivity contribution < 1.29 is 33.0 Å². The van der Waals surface area contributed by atoms with Crippen molar-refractivity contribution in [3.8, 4) is 5.75 Å². The Morgan fingerprint density at radius 3 is 1.94 bits per heavy atom. The third kappa shape index (κ3) is 7.81. The van der Waals surface area contributed by atoms with E-state index in [1.165, 1.54) is 24.3 Å². The summed E-state index contributed by atoms with van der Waals surface area (Å²) in [7, 11) is -3.31. The molecule has 1 N–H and O–H groups in total. The average molecular weight is 477 g/mol. The number of carboxylic acids is 1. The van der Waals surface area contributed by atoms with E-state index in [1.54, 1.807) is 12.1 Å². The largest absolute Gasteiger partial charge is 0.478 e. The fourth-order valence-electron chi connectivity index (χ4n) is 3.07. The van der Waals surface area contributed by atoms with E-state index in [0.29, 0.717) is 19.0 Å². The van der Waals surface area contributed by atoms with Crippen LogP contribution < -0.4 is 4.74 Å². The lowest BCUT2D eigenvalue weighted by atomic mass is 9.85. The van der Waals surface area contributed by atoms with Gasteiger partial charge in [-0.3, -0.25) is 4.57 Å². The number of esters is 1. The number of hydrogen-bond donors (Lipinski definition) is 1. The number of benzene rings is 2. The molecular formula is C25H33O7P. The van der Waals surface area contributed by atoms with Crippen molar-refractivity contribution in [3.63, 3.8) is 0 Å². The summed E-state index contributed by atoms with van der Waals surface area (Å²) in [5.41, 5.74) is 1.51. The molecule has 0 aliphatic heterocycles. The van der Waals surface area contributed by atoms with Crippen LogP contribution >= 0.6 is 7.60 Å². The maximum absolute atomic E-state index is 13.2. The molecule has 2 aromatic carbocycles. The van der Waals surface area contributed by atoms with Gasteiger partial charge in [-0.1, -0.05) is 46.8 Å². The van der Waals surface area contributed by atoms with Crippen molar-refractivity contribution in [1.82, 2.24) is 0 Å². The van der Waals surface area contributed by atoms with Gasteiger partial charge in [0.25, 0.3) is 0 Å². The summed E-state index contributed by atoms with van der Waals surface area (Å²) in [6.07, 6.45) is 1.59. The highest BCUT2D eigenvalue weighted by molar-refractivity contribution is 7.53. The van der Waals surface area contributed by atoms with Crippen LogP contribution in [0.5, 0.6) is 5.75 Å². The molecule has 33 heavy (non-hydrogen) atoms. The molecule has 0 unspecified atom stereocenters. The molecule has 0 aliphatic rings. The van der Waals surface area contributed by atoms with Gasteiger partial charge in [0, 0.05) is 5.56 Å². The molecule has 0 heterocycles. The second-order valence-corrected chi connectivity index (χ2v) is 10.8. The molecule has 2 aromatic rings. The van der Waals surface area contributed by atoms with Crippen LogP contribution in [-0.2, 0) is 25.2 Å². The van der Waals surface area contributed by atoms with E-state index < -0.39 is 19.5 Å². The van der Waals surface area contributed by atoms with Crippen molar-refractivity contribution in [2.75, 3.05) is 13.2 Å². The van der Waals surface area contributed by atoms with Crippen LogP contribution in [0.25, 0.3) is 0 Å². The molecule has 0 amide bonds. The fourth-order valence-corrected chi connectivity index (χ4v) is 4.89. The van der Waals surface area contributed by atoms with Crippen molar-refractivity contribution in [2.45, 2.75) is 59.0 Å². The molecule has 180 valence electrons. The number of rotatable bonds is 11. The summed E-state index contributed by atoms with van der Waals surface area (Å²) in [5, 5.41) is 9.02. The Morgan fingerprint density at radius 2 is 1.45 bits per heavy atom. The van der Waals surface area contributed by atoms with E-state index in [0.717, 1.165) is 24.0 Å². The molecular weight excluding hydrogens is 443 g/mol. The van der Waals surface area contributed by atoms with Gasteiger partial charge in [0.2, 0.25) is 0 Å². The van der Waals surface area contributed by atoms with Crippen LogP contribution in [0.2, 0.25) is 0 Å². The van der Waals surface area contributed by atoms with Crippen molar-refractivity contribution in [1.29, 1.82) is 0 Å². The lowest BCUT2D eigenvalue weighted by molar-refractivity contribution is 0.0691. The van der Waals surface area contributed by atoms with Crippen LogP contribution in [0.4, 0.5) is 0 Å². The predicted octanol–water partition coefficient (Wildman–Crippen LogP) is 6.45. The van der Waals surface area contributed by atoms with Crippen LogP contribution in [0.15, 0.2) is 42.5 Å². The molecule has 0 radical (unpaired) electrons. The van der Waals surface area contributed by atoms with E-state index >= 15 is 0 Å². The standard InChI is InChI=1S/C25H33O7P/c1-6-14-30-33(29,31-15-7-2)17-18-8-13-22(21(16-18)25(3,4)5)32-24(28)20-11-9-19(10-12-20)23(26)27/h8-13,16H,6-7,14-15,17H2,1-5H3,(H,26,27). The van der Waals surface area contributed by atoms with Crippen molar-refractivity contribution in [3.05, 3.63) is 64.7 Å². The van der Waals surface area contributed by atoms with Crippen molar-refractivity contribution >= 4 is 19.5 Å². The zero-order valence-corrected chi connectivity index (χ0v) is 20.8. The highest BCUT2D eigenvalue weighted by Crippen LogP contribution is 2.52. The molecule has 8 heteroatoms. The summed E-state index contributed by atoms with van der Waals surface area (Å²) in [6, 6.07) is 10.9. The molecule has 0 atom stereocenters. The molecule has 0 spiro atoms. The minimum Gasteiger partial charge on any atom is -0.478 e. The van der Waals surface area contributed by atoms with Crippen LogP contribution in [-0.4, -0.2) is 30.3 Å². The maximum atomic E-state index is 13.2. The Bertz CT molecular complexity index is 994. The van der Waals surface area contributed by atoms with E-state index in [9.17, 15) is 14.2 Å². The number of carbonyl (C=O) groups is 2. The summed E-state index contributed by atoms with van der Waals surface area (Å²) in [6.45, 7) is 10.6. The van der Waals surface area contributed by atoms with Gasteiger partial charge < -0.3 is 18.9 Å². The summed E-state index contributed by atoms with van der Waals surface area (Å²) < 4.78 is 30.1. The molecule has 0 saturated heterocycles. The SMILES string of the molecule is CCCOP(=O)(Cc1ccc(OC(=O)c2ccc(C(=O)O)cc2)c(C(C)(C)C)c1)OCCC. The molecule has 0 saturated carbocycles. The molecule has 0 fully saturated rings. The highest BCUT2D eigenvalue weighted by Gasteiger charge is 2.27. The second kappa shape index (κ2) is 11.6. The molecule has 7 nitrogen and oxygen atoms in total. The highest BCUT2D eigenvalue weighted by atomic mass is 31.2. The lowest BCUT2D eigenvalue weighted by Crippen LogP contribution is -2.17. The van der Waals surface area contributed by atoms with Crippen LogP contribution in [0, 0.1) is 0 Å². The third-order valence-electron chi connectivity index (χ3n) is 4.78. The Morgan fingerprint density at radius 1 is 0.909 bits per heavy atom. The van der Waals surface area contributed by atoms with Gasteiger partial charge in [0.1, 0.15) is 5.75 Å². The summed E-state index contributed by atoms with van der Waals surface area (Å²) in [4.78, 5) is 23.7. The number of aromatic carboxylic acids is 1. The smallest absolute Gasteiger partial charge is 0.343 e. The fraction of sp³-hybridized carbons (Fsp3) is 0.440. The normalized spacial score (nSPS) is 11.9. The van der Waals surface area contributed by atoms with Gasteiger partial charge in [0.15, 0.2) is 0 Å². The van der Waals surface area contributed by atoms with E-state index in [-0.39, 0.29) is 22.7 Å². The molecule has 2 rings (SSSR count). The Balaban J connectivity index is 2.30. The first-order chi connectivity index (χ1) is 15.5. The number of carbonyl (C=O) groups excluding carboxylic acids is 1. The molecule has 0 aliphatic carbocycles. The predicted molar refractivity (Wildman–Crippen MR) is 127 cm³/mol. The first-order valence-corrected chi connectivity index (χ1v) is 12.8. The van der Waals surface area contributed by atoms with Gasteiger partial charge in [-0.2, -0.15) is 0 Å². The zero-order chi connectivity index (χ0) is 24.6. The van der Waals surface area contributed by atoms with Gasteiger partial charge in [-0.05, 0) is 54.2 Å². The van der Waals surface area contributed by atoms with Gasteiger partial charge in [0.05, 0.1) is 30.5 Å². The van der Waals surface area contributed by atoms with Crippen LogP contribution in [0.1, 0.15) is 79.3 Å². The van der Waals surface area contributed by atoms with E-state index in [4.69, 9.17) is 18.9 Å². The Labute approximate surface area is 195 Å². The first kappa shape index (κ1) is 26.8. The third-order valence-corrected chi connectivity index (χ3v) is 6.69. The van der Waals surface area contributed by atoms with Crippen LogP contribution in [0.3, 0.4) is 0 Å². The average Bonchev–Trinajstić information content (AvgIpc) is 2.76. The molecule has 0 bridgehead atoms. The maximum Gasteiger partial charge on any atom is 0.343 e. The second-order valence-electron chi connectivity index (χ2n) is 8.79. The zero-order valence-electron chi connectivity index (χ0n) is 19.9. The van der Waals surface area contributed by atoms with Gasteiger partial charge in [-0.25, -0.2) is 9.59 Å². The van der Waals surface area contributed by atoms with E-state index in [2.05, 4.69) is 0 Å². The van der Waals surface area contributed by atoms with E-state index in [1.807, 2.05) is 40.7 Å². The minimum atomic E-state index is -3.31. The molecule has 0 aromatic heterocycles. The Hall–Kier alpha value is -2.47. The Kier molecular flexibility index (Phi) is 9.41. The summed E-state index contributed by atoms with van der Waals surface area (Å²) >= 11 is 0. The van der Waals surface area contributed by atoms with Gasteiger partial charge >= 0.3 is 19.5 Å².